The molecule has 1 heterocycles. The number of hydrogen-bond acceptors (Lipinski definition) is 3. The van der Waals surface area contributed by atoms with Crippen LogP contribution in [0, 0.1) is 0 Å². The monoisotopic (exact) mass is 357 g/mol. The van der Waals surface area contributed by atoms with Crippen LogP contribution in [0.25, 0.3) is 11.0 Å². The maximum atomic E-state index is 11.3. The van der Waals surface area contributed by atoms with Gasteiger partial charge in [-0.25, -0.2) is 9.78 Å². The van der Waals surface area contributed by atoms with Crippen molar-refractivity contribution in [3.8, 4) is 0 Å². The number of fused-ring (bicyclic) bond motifs is 1. The van der Waals surface area contributed by atoms with Gasteiger partial charge in [0.25, 0.3) is 0 Å². The second-order valence-electron chi connectivity index (χ2n) is 7.35. The van der Waals surface area contributed by atoms with Gasteiger partial charge in [0, 0.05) is 12.5 Å². The van der Waals surface area contributed by atoms with E-state index in [0.29, 0.717) is 11.5 Å². The molecule has 3 rings (SSSR count). The summed E-state index contributed by atoms with van der Waals surface area (Å²) in [6, 6.07) is 5.37. The molecule has 1 aliphatic rings. The first-order valence-electron chi connectivity index (χ1n) is 10.1. The first kappa shape index (κ1) is 18.9. The maximum Gasteiger partial charge on any atom is 0.335 e. The topological polar surface area (TPSA) is 58.4 Å². The molecule has 1 saturated carbocycles. The number of benzene rings is 1. The minimum Gasteiger partial charge on any atom is -0.478 e. The highest BCUT2D eigenvalue weighted by molar-refractivity contribution is 5.92. The fourth-order valence-electron chi connectivity index (χ4n) is 4.18. The van der Waals surface area contributed by atoms with E-state index in [0.717, 1.165) is 43.6 Å². The van der Waals surface area contributed by atoms with Crippen molar-refractivity contribution in [1.82, 2.24) is 14.5 Å². The van der Waals surface area contributed by atoms with E-state index in [2.05, 4.69) is 23.3 Å². The van der Waals surface area contributed by atoms with Crippen molar-refractivity contribution >= 4 is 17.0 Å². The summed E-state index contributed by atoms with van der Waals surface area (Å²) in [6.45, 7) is 8.61. The molecule has 1 fully saturated rings. The van der Waals surface area contributed by atoms with E-state index in [9.17, 15) is 9.90 Å². The largest absolute Gasteiger partial charge is 0.478 e. The molecule has 1 aromatic heterocycles. The first-order valence-corrected chi connectivity index (χ1v) is 10.1. The Morgan fingerprint density at radius 3 is 2.62 bits per heavy atom. The first-order chi connectivity index (χ1) is 12.6. The molecule has 0 atom stereocenters. The molecule has 5 heteroatoms. The van der Waals surface area contributed by atoms with Crippen LogP contribution >= 0.6 is 0 Å². The highest BCUT2D eigenvalue weighted by atomic mass is 16.4. The van der Waals surface area contributed by atoms with Gasteiger partial charge in [-0.15, -0.1) is 0 Å². The van der Waals surface area contributed by atoms with Gasteiger partial charge in [-0.2, -0.15) is 0 Å². The highest BCUT2D eigenvalue weighted by Crippen LogP contribution is 2.34. The third-order valence-electron chi connectivity index (χ3n) is 5.75. The number of aryl methyl sites for hydroxylation is 1. The molecule has 0 spiro atoms. The van der Waals surface area contributed by atoms with Gasteiger partial charge >= 0.3 is 5.97 Å². The van der Waals surface area contributed by atoms with Crippen molar-refractivity contribution in [2.45, 2.75) is 64.8 Å². The van der Waals surface area contributed by atoms with E-state index in [-0.39, 0.29) is 0 Å². The van der Waals surface area contributed by atoms with E-state index in [1.165, 1.54) is 37.9 Å². The van der Waals surface area contributed by atoms with Crippen LogP contribution < -0.4 is 0 Å². The fraction of sp³-hybridized carbons (Fsp3) is 0.619. The third kappa shape index (κ3) is 4.09. The Hall–Kier alpha value is -1.88. The average Bonchev–Trinajstić information content (AvgIpc) is 3.03. The summed E-state index contributed by atoms with van der Waals surface area (Å²) in [4.78, 5) is 18.7. The summed E-state index contributed by atoms with van der Waals surface area (Å²) in [5, 5.41) is 9.29. The Morgan fingerprint density at radius 1 is 1.23 bits per heavy atom. The van der Waals surface area contributed by atoms with E-state index in [4.69, 9.17) is 4.98 Å². The number of hydrogen-bond donors (Lipinski definition) is 1. The number of imidazole rings is 1. The molecule has 1 aliphatic carbocycles. The number of rotatable bonds is 8. The fourth-order valence-corrected chi connectivity index (χ4v) is 4.18. The van der Waals surface area contributed by atoms with Gasteiger partial charge in [-0.3, -0.25) is 0 Å². The SMILES string of the molecule is CCN(CC)CCCn1c(C2CCCCC2)nc2cc(C(=O)O)ccc21. The molecule has 0 amide bonds. The lowest BCUT2D eigenvalue weighted by molar-refractivity contribution is 0.0697. The predicted octanol–water partition coefficient (Wildman–Crippen LogP) is 4.51. The van der Waals surface area contributed by atoms with Gasteiger partial charge in [0.15, 0.2) is 0 Å². The summed E-state index contributed by atoms with van der Waals surface area (Å²) < 4.78 is 2.36. The number of carboxylic acids is 1. The minimum absolute atomic E-state index is 0.320. The van der Waals surface area contributed by atoms with Gasteiger partial charge in [-0.05, 0) is 57.1 Å². The van der Waals surface area contributed by atoms with Gasteiger partial charge in [0.1, 0.15) is 5.82 Å². The molecule has 0 radical (unpaired) electrons. The normalized spacial score (nSPS) is 15.8. The Kier molecular flexibility index (Phi) is 6.30. The molecule has 26 heavy (non-hydrogen) atoms. The molecular formula is C21H31N3O2. The van der Waals surface area contributed by atoms with Crippen LogP contribution in [0.5, 0.6) is 0 Å². The smallest absolute Gasteiger partial charge is 0.335 e. The standard InChI is InChI=1S/C21H31N3O2/c1-3-23(4-2)13-8-14-24-19-12-11-17(21(25)26)15-18(19)22-20(24)16-9-6-5-7-10-16/h11-12,15-16H,3-10,13-14H2,1-2H3,(H,25,26). The van der Waals surface area contributed by atoms with E-state index < -0.39 is 5.97 Å². The molecule has 0 bridgehead atoms. The maximum absolute atomic E-state index is 11.3. The minimum atomic E-state index is -0.887. The molecule has 0 aliphatic heterocycles. The van der Waals surface area contributed by atoms with Gasteiger partial charge < -0.3 is 14.6 Å². The lowest BCUT2D eigenvalue weighted by Gasteiger charge is -2.23. The van der Waals surface area contributed by atoms with Crippen LogP contribution in [0.1, 0.15) is 74.5 Å². The lowest BCUT2D eigenvalue weighted by Crippen LogP contribution is -2.25. The molecule has 0 saturated heterocycles. The van der Waals surface area contributed by atoms with E-state index in [1.807, 2.05) is 6.07 Å². The molecular weight excluding hydrogens is 326 g/mol. The Morgan fingerprint density at radius 2 is 1.96 bits per heavy atom. The summed E-state index contributed by atoms with van der Waals surface area (Å²) in [6.07, 6.45) is 7.35. The van der Waals surface area contributed by atoms with E-state index >= 15 is 0 Å². The predicted molar refractivity (Wildman–Crippen MR) is 105 cm³/mol. The zero-order valence-corrected chi connectivity index (χ0v) is 16.1. The Bertz CT molecular complexity index is 743. The number of aromatic nitrogens is 2. The molecule has 142 valence electrons. The van der Waals surface area contributed by atoms with Gasteiger partial charge in [0.05, 0.1) is 16.6 Å². The van der Waals surface area contributed by atoms with Crippen molar-refractivity contribution in [1.29, 1.82) is 0 Å². The van der Waals surface area contributed by atoms with Gasteiger partial charge in [-0.1, -0.05) is 33.1 Å². The highest BCUT2D eigenvalue weighted by Gasteiger charge is 2.23. The van der Waals surface area contributed by atoms with Crippen LogP contribution in [0.2, 0.25) is 0 Å². The molecule has 1 N–H and O–H groups in total. The summed E-state index contributed by atoms with van der Waals surface area (Å²) in [5.41, 5.74) is 2.23. The summed E-state index contributed by atoms with van der Waals surface area (Å²) >= 11 is 0. The number of nitrogens with zero attached hydrogens (tertiary/aromatic N) is 3. The second-order valence-corrected chi connectivity index (χ2v) is 7.35. The van der Waals surface area contributed by atoms with Crippen LogP contribution in [-0.2, 0) is 6.54 Å². The average molecular weight is 357 g/mol. The van der Waals surface area contributed by atoms with Crippen molar-refractivity contribution in [2.75, 3.05) is 19.6 Å². The molecule has 5 nitrogen and oxygen atoms in total. The van der Waals surface area contributed by atoms with Crippen molar-refractivity contribution < 1.29 is 9.90 Å². The molecule has 2 aromatic rings. The zero-order chi connectivity index (χ0) is 18.5. The Labute approximate surface area is 156 Å². The number of aromatic carboxylic acids is 1. The quantitative estimate of drug-likeness (QED) is 0.755. The van der Waals surface area contributed by atoms with Crippen LogP contribution in [0.4, 0.5) is 0 Å². The van der Waals surface area contributed by atoms with E-state index in [1.54, 1.807) is 12.1 Å². The summed E-state index contributed by atoms with van der Waals surface area (Å²) in [7, 11) is 0. The second kappa shape index (κ2) is 8.67. The van der Waals surface area contributed by atoms with Crippen LogP contribution in [0.3, 0.4) is 0 Å². The van der Waals surface area contributed by atoms with Gasteiger partial charge in [0.2, 0.25) is 0 Å². The molecule has 1 aromatic carbocycles. The number of carbonyl (C=O) groups is 1. The number of carboxylic acid groups (broad SMARTS) is 1. The van der Waals surface area contributed by atoms with Crippen molar-refractivity contribution in [3.05, 3.63) is 29.6 Å². The lowest BCUT2D eigenvalue weighted by atomic mass is 9.88. The van der Waals surface area contributed by atoms with Crippen LogP contribution in [-0.4, -0.2) is 45.2 Å². The summed E-state index contributed by atoms with van der Waals surface area (Å²) in [5.74, 6) is 0.793. The zero-order valence-electron chi connectivity index (χ0n) is 16.1. The van der Waals surface area contributed by atoms with Crippen molar-refractivity contribution in [2.24, 2.45) is 0 Å². The third-order valence-corrected chi connectivity index (χ3v) is 5.75. The Balaban J connectivity index is 1.90. The molecule has 0 unspecified atom stereocenters. The van der Waals surface area contributed by atoms with Crippen molar-refractivity contribution in [3.63, 3.8) is 0 Å². The van der Waals surface area contributed by atoms with Crippen LogP contribution in [0.15, 0.2) is 18.2 Å².